The van der Waals surface area contributed by atoms with E-state index in [1.807, 2.05) is 0 Å². The summed E-state index contributed by atoms with van der Waals surface area (Å²) >= 11 is 4.34. The molecule has 3 unspecified atom stereocenters. The average Bonchev–Trinajstić information content (AvgIpc) is 2.00. The minimum atomic E-state index is 0.752. The summed E-state index contributed by atoms with van der Waals surface area (Å²) in [7, 11) is 0. The van der Waals surface area contributed by atoms with Gasteiger partial charge in [0.25, 0.3) is 0 Å². The zero-order chi connectivity index (χ0) is 9.72. The highest BCUT2D eigenvalue weighted by atomic mass is 32.1. The standard InChI is InChI=1S/C11H24S/c1-8(2)6-9(3)11(5)10(4)7-12/h8-12H,6-7H2,1-5H3. The molecule has 0 aromatic rings. The van der Waals surface area contributed by atoms with Gasteiger partial charge in [0.2, 0.25) is 0 Å². The first-order valence-corrected chi connectivity index (χ1v) is 5.73. The molecule has 0 aliphatic rings. The molecule has 0 radical (unpaired) electrons. The number of thiol groups is 1. The van der Waals surface area contributed by atoms with E-state index in [9.17, 15) is 0 Å². The third-order valence-corrected chi connectivity index (χ3v) is 3.50. The molecule has 0 spiro atoms. The van der Waals surface area contributed by atoms with Gasteiger partial charge in [-0.05, 0) is 35.8 Å². The summed E-state index contributed by atoms with van der Waals surface area (Å²) in [5.41, 5.74) is 0. The van der Waals surface area contributed by atoms with Gasteiger partial charge in [-0.1, -0.05) is 34.6 Å². The zero-order valence-corrected chi connectivity index (χ0v) is 10.1. The topological polar surface area (TPSA) is 0 Å². The summed E-state index contributed by atoms with van der Waals surface area (Å²) in [6.45, 7) is 11.6. The lowest BCUT2D eigenvalue weighted by atomic mass is 9.81. The van der Waals surface area contributed by atoms with Crippen LogP contribution in [-0.2, 0) is 0 Å². The second-order valence-electron chi connectivity index (χ2n) is 4.63. The highest BCUT2D eigenvalue weighted by Crippen LogP contribution is 2.26. The van der Waals surface area contributed by atoms with Crippen LogP contribution >= 0.6 is 12.6 Å². The van der Waals surface area contributed by atoms with Crippen molar-refractivity contribution in [3.05, 3.63) is 0 Å². The highest BCUT2D eigenvalue weighted by Gasteiger charge is 2.18. The Hall–Kier alpha value is 0.350. The fourth-order valence-corrected chi connectivity index (χ4v) is 2.02. The summed E-state index contributed by atoms with van der Waals surface area (Å²) in [6, 6.07) is 0. The normalized spacial score (nSPS) is 19.2. The SMILES string of the molecule is CC(C)CC(C)C(C)C(C)CS. The lowest BCUT2D eigenvalue weighted by Crippen LogP contribution is -2.19. The van der Waals surface area contributed by atoms with Crippen LogP contribution in [0.15, 0.2) is 0 Å². The average molecular weight is 188 g/mol. The second kappa shape index (κ2) is 5.90. The van der Waals surface area contributed by atoms with Gasteiger partial charge < -0.3 is 0 Å². The Balaban J connectivity index is 3.83. The molecule has 0 nitrogen and oxygen atoms in total. The lowest BCUT2D eigenvalue weighted by Gasteiger charge is -2.26. The molecule has 1 heteroatoms. The van der Waals surface area contributed by atoms with Crippen molar-refractivity contribution in [2.45, 2.75) is 41.0 Å². The third kappa shape index (κ3) is 4.39. The molecule has 0 aliphatic heterocycles. The van der Waals surface area contributed by atoms with Crippen LogP contribution in [-0.4, -0.2) is 5.75 Å². The molecule has 0 aliphatic carbocycles. The van der Waals surface area contributed by atoms with Crippen molar-refractivity contribution in [2.75, 3.05) is 5.75 Å². The van der Waals surface area contributed by atoms with Gasteiger partial charge in [0.15, 0.2) is 0 Å². The monoisotopic (exact) mass is 188 g/mol. The van der Waals surface area contributed by atoms with Gasteiger partial charge >= 0.3 is 0 Å². The van der Waals surface area contributed by atoms with Crippen molar-refractivity contribution in [3.8, 4) is 0 Å². The fourth-order valence-electron chi connectivity index (χ4n) is 1.69. The first-order chi connectivity index (χ1) is 5.49. The van der Waals surface area contributed by atoms with Crippen molar-refractivity contribution in [2.24, 2.45) is 23.7 Å². The van der Waals surface area contributed by atoms with Gasteiger partial charge in [-0.3, -0.25) is 0 Å². The van der Waals surface area contributed by atoms with Gasteiger partial charge in [0.05, 0.1) is 0 Å². The first kappa shape index (κ1) is 12.3. The molecule has 74 valence electrons. The largest absolute Gasteiger partial charge is 0.179 e. The number of hydrogen-bond acceptors (Lipinski definition) is 1. The van der Waals surface area contributed by atoms with Crippen LogP contribution in [0, 0.1) is 23.7 Å². The summed E-state index contributed by atoms with van der Waals surface area (Å²) in [5, 5.41) is 0. The van der Waals surface area contributed by atoms with Crippen LogP contribution in [0.3, 0.4) is 0 Å². The highest BCUT2D eigenvalue weighted by molar-refractivity contribution is 7.80. The van der Waals surface area contributed by atoms with Gasteiger partial charge in [-0.15, -0.1) is 0 Å². The molecule has 0 saturated carbocycles. The van der Waals surface area contributed by atoms with Gasteiger partial charge in [-0.25, -0.2) is 0 Å². The van der Waals surface area contributed by atoms with Crippen molar-refractivity contribution >= 4 is 12.6 Å². The van der Waals surface area contributed by atoms with Crippen molar-refractivity contribution in [1.29, 1.82) is 0 Å². The second-order valence-corrected chi connectivity index (χ2v) is 4.99. The molecule has 12 heavy (non-hydrogen) atoms. The van der Waals surface area contributed by atoms with E-state index in [1.54, 1.807) is 0 Å². The predicted molar refractivity (Wildman–Crippen MR) is 60.8 cm³/mol. The van der Waals surface area contributed by atoms with Crippen molar-refractivity contribution in [3.63, 3.8) is 0 Å². The molecule has 0 amide bonds. The van der Waals surface area contributed by atoms with Gasteiger partial charge in [-0.2, -0.15) is 12.6 Å². The van der Waals surface area contributed by atoms with E-state index < -0.39 is 0 Å². The molecule has 0 saturated heterocycles. The molecule has 0 heterocycles. The van der Waals surface area contributed by atoms with E-state index in [-0.39, 0.29) is 0 Å². The maximum atomic E-state index is 4.34. The third-order valence-electron chi connectivity index (χ3n) is 2.93. The molecule has 0 fully saturated rings. The van der Waals surface area contributed by atoms with Crippen molar-refractivity contribution < 1.29 is 0 Å². The summed E-state index contributed by atoms with van der Waals surface area (Å²) in [6.07, 6.45) is 1.35. The Labute approximate surface area is 83.5 Å². The Kier molecular flexibility index (Phi) is 6.08. The van der Waals surface area contributed by atoms with E-state index in [4.69, 9.17) is 0 Å². The Morgan fingerprint density at radius 2 is 1.42 bits per heavy atom. The number of hydrogen-bond donors (Lipinski definition) is 1. The van der Waals surface area contributed by atoms with Crippen LogP contribution in [0.1, 0.15) is 41.0 Å². The molecule has 0 aromatic carbocycles. The maximum absolute atomic E-state index is 4.34. The van der Waals surface area contributed by atoms with E-state index in [1.165, 1.54) is 6.42 Å². The van der Waals surface area contributed by atoms with Crippen LogP contribution in [0.4, 0.5) is 0 Å². The molecule has 0 rings (SSSR count). The molecule has 0 N–H and O–H groups in total. The molecular weight excluding hydrogens is 164 g/mol. The molecule has 0 bridgehead atoms. The molecule has 0 aromatic heterocycles. The lowest BCUT2D eigenvalue weighted by molar-refractivity contribution is 0.262. The first-order valence-electron chi connectivity index (χ1n) is 5.09. The summed E-state index contributed by atoms with van der Waals surface area (Å²) < 4.78 is 0. The number of rotatable bonds is 5. The van der Waals surface area contributed by atoms with E-state index in [0.29, 0.717) is 0 Å². The van der Waals surface area contributed by atoms with E-state index in [2.05, 4.69) is 47.2 Å². The van der Waals surface area contributed by atoms with Crippen LogP contribution in [0.2, 0.25) is 0 Å². The smallest absolute Gasteiger partial charge is 0.00695 e. The van der Waals surface area contributed by atoms with Crippen LogP contribution < -0.4 is 0 Å². The minimum Gasteiger partial charge on any atom is -0.179 e. The molecular formula is C11H24S. The van der Waals surface area contributed by atoms with Gasteiger partial charge in [0.1, 0.15) is 0 Å². The fraction of sp³-hybridized carbons (Fsp3) is 1.00. The van der Waals surface area contributed by atoms with E-state index in [0.717, 1.165) is 29.4 Å². The predicted octanol–water partition coefficient (Wildman–Crippen LogP) is 3.87. The van der Waals surface area contributed by atoms with Crippen LogP contribution in [0.5, 0.6) is 0 Å². The Bertz CT molecular complexity index is 110. The Morgan fingerprint density at radius 1 is 0.917 bits per heavy atom. The summed E-state index contributed by atoms with van der Waals surface area (Å²) in [5.74, 6) is 4.25. The zero-order valence-electron chi connectivity index (χ0n) is 9.17. The molecule has 3 atom stereocenters. The summed E-state index contributed by atoms with van der Waals surface area (Å²) in [4.78, 5) is 0. The van der Waals surface area contributed by atoms with E-state index >= 15 is 0 Å². The quantitative estimate of drug-likeness (QED) is 0.622. The van der Waals surface area contributed by atoms with Crippen molar-refractivity contribution in [1.82, 2.24) is 0 Å². The van der Waals surface area contributed by atoms with Crippen LogP contribution in [0.25, 0.3) is 0 Å². The maximum Gasteiger partial charge on any atom is -0.00695 e. The Morgan fingerprint density at radius 3 is 1.75 bits per heavy atom. The van der Waals surface area contributed by atoms with Gasteiger partial charge in [0, 0.05) is 0 Å². The minimum absolute atomic E-state index is 0.752.